The highest BCUT2D eigenvalue weighted by Gasteiger charge is 2.04. The Bertz CT molecular complexity index is 729. The minimum Gasteiger partial charge on any atom is -0.497 e. The number of rotatable bonds is 7. The van der Waals surface area contributed by atoms with Crippen LogP contribution in [0.3, 0.4) is 0 Å². The van der Waals surface area contributed by atoms with Crippen LogP contribution < -0.4 is 25.8 Å². The summed E-state index contributed by atoms with van der Waals surface area (Å²) in [5.41, 5.74) is 7.17. The summed E-state index contributed by atoms with van der Waals surface area (Å²) in [4.78, 5) is 16.2. The van der Waals surface area contributed by atoms with Crippen molar-refractivity contribution in [3.05, 3.63) is 54.1 Å². The van der Waals surface area contributed by atoms with E-state index in [1.165, 1.54) is 0 Å². The molecule has 1 amide bonds. The third-order valence-corrected chi connectivity index (χ3v) is 3.37. The van der Waals surface area contributed by atoms with E-state index in [-0.39, 0.29) is 11.9 Å². The summed E-state index contributed by atoms with van der Waals surface area (Å²) in [5.74, 6) is 1.53. The molecule has 0 saturated heterocycles. The van der Waals surface area contributed by atoms with Crippen molar-refractivity contribution in [2.24, 2.45) is 10.7 Å². The number of carbonyl (C=O) groups excluding carboxylic acids is 1. The summed E-state index contributed by atoms with van der Waals surface area (Å²) in [5, 5.41) is 5.75. The van der Waals surface area contributed by atoms with Gasteiger partial charge in [-0.15, -0.1) is 0 Å². The van der Waals surface area contributed by atoms with Crippen molar-refractivity contribution in [3.63, 3.8) is 0 Å². The Kier molecular flexibility index (Phi) is 6.65. The fraction of sp³-hybridized carbons (Fsp3) is 0.222. The first-order chi connectivity index (χ1) is 12.1. The molecule has 2 aromatic rings. The molecule has 0 spiro atoms. The van der Waals surface area contributed by atoms with Gasteiger partial charge in [-0.1, -0.05) is 6.07 Å². The number of nitrogens with two attached hydrogens (primary N) is 1. The lowest BCUT2D eigenvalue weighted by Gasteiger charge is -2.08. The molecule has 0 aliphatic rings. The van der Waals surface area contributed by atoms with Crippen LogP contribution in [-0.2, 0) is 0 Å². The molecule has 7 heteroatoms. The van der Waals surface area contributed by atoms with E-state index in [0.717, 1.165) is 11.4 Å². The van der Waals surface area contributed by atoms with Crippen molar-refractivity contribution >= 4 is 17.6 Å². The van der Waals surface area contributed by atoms with Crippen LogP contribution in [-0.4, -0.2) is 39.2 Å². The topological polar surface area (TPSA) is 98.0 Å². The fourth-order valence-corrected chi connectivity index (χ4v) is 2.08. The number of ether oxygens (including phenoxy) is 2. The minimum absolute atomic E-state index is 0.169. The maximum atomic E-state index is 12.0. The quantitative estimate of drug-likeness (QED) is 0.405. The lowest BCUT2D eigenvalue weighted by molar-refractivity contribution is 0.0955. The number of amides is 1. The van der Waals surface area contributed by atoms with Crippen LogP contribution >= 0.6 is 0 Å². The standard InChI is InChI=1S/C18H22N4O3/c1-24-15-8-6-13(7-9-15)17(23)20-10-11-21-18(19)22-14-4-3-5-16(12-14)25-2/h3-9,12H,10-11H2,1-2H3,(H,20,23)(H3,19,21,22). The van der Waals surface area contributed by atoms with Crippen LogP contribution in [0.25, 0.3) is 0 Å². The number of guanidine groups is 1. The number of methoxy groups -OCH3 is 2. The number of aliphatic imine (C=N–C) groups is 1. The molecule has 132 valence electrons. The predicted molar refractivity (Wildman–Crippen MR) is 98.4 cm³/mol. The van der Waals surface area contributed by atoms with E-state index in [2.05, 4.69) is 15.6 Å². The van der Waals surface area contributed by atoms with E-state index in [1.807, 2.05) is 24.3 Å². The zero-order chi connectivity index (χ0) is 18.1. The molecule has 2 rings (SSSR count). The molecule has 25 heavy (non-hydrogen) atoms. The van der Waals surface area contributed by atoms with Crippen LogP contribution in [0.5, 0.6) is 11.5 Å². The molecular weight excluding hydrogens is 320 g/mol. The highest BCUT2D eigenvalue weighted by molar-refractivity contribution is 5.94. The molecule has 2 aromatic carbocycles. The van der Waals surface area contributed by atoms with E-state index in [4.69, 9.17) is 15.2 Å². The Labute approximate surface area is 146 Å². The molecule has 0 heterocycles. The predicted octanol–water partition coefficient (Wildman–Crippen LogP) is 1.86. The van der Waals surface area contributed by atoms with Gasteiger partial charge in [0.25, 0.3) is 5.91 Å². The van der Waals surface area contributed by atoms with Crippen molar-refractivity contribution in [2.75, 3.05) is 32.6 Å². The summed E-state index contributed by atoms with van der Waals surface area (Å²) in [6.07, 6.45) is 0. The lowest BCUT2D eigenvalue weighted by Crippen LogP contribution is -2.28. The molecule has 0 bridgehead atoms. The lowest BCUT2D eigenvalue weighted by atomic mass is 10.2. The van der Waals surface area contributed by atoms with Gasteiger partial charge in [0.15, 0.2) is 5.96 Å². The average molecular weight is 342 g/mol. The second kappa shape index (κ2) is 9.17. The van der Waals surface area contributed by atoms with Crippen LogP contribution in [0.1, 0.15) is 10.4 Å². The summed E-state index contributed by atoms with van der Waals surface area (Å²) >= 11 is 0. The highest BCUT2D eigenvalue weighted by Crippen LogP contribution is 2.16. The van der Waals surface area contributed by atoms with Gasteiger partial charge in [0, 0.05) is 23.9 Å². The maximum absolute atomic E-state index is 12.0. The van der Waals surface area contributed by atoms with Crippen LogP contribution in [0, 0.1) is 0 Å². The first kappa shape index (κ1) is 18.1. The number of hydrogen-bond donors (Lipinski definition) is 3. The summed E-state index contributed by atoms with van der Waals surface area (Å²) < 4.78 is 10.2. The molecule has 0 fully saturated rings. The van der Waals surface area contributed by atoms with Crippen molar-refractivity contribution in [1.29, 1.82) is 0 Å². The van der Waals surface area contributed by atoms with Crippen molar-refractivity contribution in [1.82, 2.24) is 5.32 Å². The average Bonchev–Trinajstić information content (AvgIpc) is 2.65. The second-order valence-electron chi connectivity index (χ2n) is 5.11. The van der Waals surface area contributed by atoms with Crippen molar-refractivity contribution < 1.29 is 14.3 Å². The van der Waals surface area contributed by atoms with Crippen molar-refractivity contribution in [2.45, 2.75) is 0 Å². The Morgan fingerprint density at radius 3 is 2.48 bits per heavy atom. The molecule has 0 aliphatic heterocycles. The largest absolute Gasteiger partial charge is 0.497 e. The molecule has 0 atom stereocenters. The zero-order valence-electron chi connectivity index (χ0n) is 14.3. The number of carbonyl (C=O) groups is 1. The van der Waals surface area contributed by atoms with Gasteiger partial charge in [-0.2, -0.15) is 0 Å². The van der Waals surface area contributed by atoms with Crippen LogP contribution in [0.2, 0.25) is 0 Å². The Hall–Kier alpha value is -3.22. The highest BCUT2D eigenvalue weighted by atomic mass is 16.5. The third kappa shape index (κ3) is 5.72. The Morgan fingerprint density at radius 1 is 1.08 bits per heavy atom. The second-order valence-corrected chi connectivity index (χ2v) is 5.11. The smallest absolute Gasteiger partial charge is 0.251 e. The van der Waals surface area contributed by atoms with Crippen LogP contribution in [0.15, 0.2) is 53.5 Å². The molecule has 0 saturated carbocycles. The molecular formula is C18H22N4O3. The van der Waals surface area contributed by atoms with Crippen LogP contribution in [0.4, 0.5) is 5.69 Å². The minimum atomic E-state index is -0.169. The number of nitrogens with one attached hydrogen (secondary N) is 2. The molecule has 0 aliphatic carbocycles. The summed E-state index contributed by atoms with van der Waals surface area (Å²) in [6.45, 7) is 0.746. The third-order valence-electron chi connectivity index (χ3n) is 3.37. The first-order valence-electron chi connectivity index (χ1n) is 7.75. The number of hydrogen-bond acceptors (Lipinski definition) is 4. The summed E-state index contributed by atoms with van der Waals surface area (Å²) in [6, 6.07) is 14.2. The van der Waals surface area contributed by atoms with Gasteiger partial charge in [0.05, 0.1) is 20.8 Å². The molecule has 0 unspecified atom stereocenters. The molecule has 4 N–H and O–H groups in total. The van der Waals surface area contributed by atoms with Gasteiger partial charge >= 0.3 is 0 Å². The number of anilines is 1. The fourth-order valence-electron chi connectivity index (χ4n) is 2.08. The van der Waals surface area contributed by atoms with Gasteiger partial charge in [0.2, 0.25) is 0 Å². The Morgan fingerprint density at radius 2 is 1.80 bits per heavy atom. The summed E-state index contributed by atoms with van der Waals surface area (Å²) in [7, 11) is 3.18. The van der Waals surface area contributed by atoms with E-state index in [9.17, 15) is 4.79 Å². The van der Waals surface area contributed by atoms with E-state index < -0.39 is 0 Å². The normalized spacial score (nSPS) is 10.9. The van der Waals surface area contributed by atoms with Gasteiger partial charge in [-0.25, -0.2) is 0 Å². The molecule has 0 radical (unpaired) electrons. The number of benzene rings is 2. The monoisotopic (exact) mass is 342 g/mol. The molecule has 7 nitrogen and oxygen atoms in total. The SMILES string of the molecule is COc1ccc(C(=O)NCCN=C(N)Nc2cccc(OC)c2)cc1. The van der Waals surface area contributed by atoms with Gasteiger partial charge in [0.1, 0.15) is 11.5 Å². The molecule has 0 aromatic heterocycles. The number of nitrogens with zero attached hydrogens (tertiary/aromatic N) is 1. The Balaban J connectivity index is 1.78. The van der Waals surface area contributed by atoms with Gasteiger partial charge in [-0.3, -0.25) is 9.79 Å². The van der Waals surface area contributed by atoms with E-state index >= 15 is 0 Å². The first-order valence-corrected chi connectivity index (χ1v) is 7.75. The van der Waals surface area contributed by atoms with Gasteiger partial charge in [-0.05, 0) is 36.4 Å². The van der Waals surface area contributed by atoms with E-state index in [0.29, 0.717) is 24.4 Å². The zero-order valence-corrected chi connectivity index (χ0v) is 14.3. The van der Waals surface area contributed by atoms with Gasteiger partial charge < -0.3 is 25.8 Å². The van der Waals surface area contributed by atoms with E-state index in [1.54, 1.807) is 38.5 Å². The van der Waals surface area contributed by atoms with Crippen molar-refractivity contribution in [3.8, 4) is 11.5 Å². The maximum Gasteiger partial charge on any atom is 0.251 e.